The van der Waals surface area contributed by atoms with Gasteiger partial charge >= 0.3 is 0 Å². The quantitative estimate of drug-likeness (QED) is 0.910. The number of fused-ring (bicyclic) bond motifs is 1. The lowest BCUT2D eigenvalue weighted by molar-refractivity contribution is 0.00985. The van der Waals surface area contributed by atoms with E-state index in [-0.39, 0.29) is 12.1 Å². The van der Waals surface area contributed by atoms with Crippen LogP contribution in [0.2, 0.25) is 0 Å². The van der Waals surface area contributed by atoms with Crippen LogP contribution in [0, 0.1) is 0 Å². The van der Waals surface area contributed by atoms with Gasteiger partial charge in [-0.15, -0.1) is 11.8 Å². The Morgan fingerprint density at radius 3 is 2.94 bits per heavy atom. The maximum atomic E-state index is 6.13. The molecule has 18 heavy (non-hydrogen) atoms. The van der Waals surface area contributed by atoms with Gasteiger partial charge in [-0.05, 0) is 24.5 Å². The Kier molecular flexibility index (Phi) is 3.92. The zero-order valence-corrected chi connectivity index (χ0v) is 11.5. The van der Waals surface area contributed by atoms with Gasteiger partial charge in [0.25, 0.3) is 0 Å². The number of hydrogen-bond donors (Lipinski definition) is 1. The van der Waals surface area contributed by atoms with Gasteiger partial charge < -0.3 is 10.5 Å². The SMILES string of the molecule is NC1CCCCC1OCC1CSc2ccccc21. The molecule has 2 aliphatic rings. The molecule has 1 aromatic carbocycles. The Balaban J connectivity index is 1.58. The number of ether oxygens (including phenoxy) is 1. The average Bonchev–Trinajstić information content (AvgIpc) is 2.81. The fraction of sp³-hybridized carbons (Fsp3) is 0.600. The van der Waals surface area contributed by atoms with Crippen molar-refractivity contribution < 1.29 is 4.74 Å². The molecule has 3 atom stereocenters. The molecule has 0 aromatic heterocycles. The van der Waals surface area contributed by atoms with Gasteiger partial charge in [-0.3, -0.25) is 0 Å². The van der Waals surface area contributed by atoms with E-state index in [2.05, 4.69) is 24.3 Å². The maximum absolute atomic E-state index is 6.13. The van der Waals surface area contributed by atoms with Crippen molar-refractivity contribution in [3.63, 3.8) is 0 Å². The van der Waals surface area contributed by atoms with Gasteiger partial charge in [0, 0.05) is 22.6 Å². The Morgan fingerprint density at radius 1 is 1.22 bits per heavy atom. The average molecular weight is 263 g/mol. The summed E-state index contributed by atoms with van der Waals surface area (Å²) in [6.07, 6.45) is 5.09. The van der Waals surface area contributed by atoms with Crippen molar-refractivity contribution in [2.45, 2.75) is 48.6 Å². The van der Waals surface area contributed by atoms with Crippen LogP contribution < -0.4 is 5.73 Å². The van der Waals surface area contributed by atoms with E-state index in [1.807, 2.05) is 11.8 Å². The Morgan fingerprint density at radius 2 is 2.06 bits per heavy atom. The molecule has 0 amide bonds. The van der Waals surface area contributed by atoms with Crippen LogP contribution in [0.15, 0.2) is 29.2 Å². The highest BCUT2D eigenvalue weighted by Crippen LogP contribution is 2.39. The maximum Gasteiger partial charge on any atom is 0.0726 e. The molecule has 1 aliphatic carbocycles. The molecule has 3 unspecified atom stereocenters. The molecule has 1 aromatic rings. The first-order valence-corrected chi connectivity index (χ1v) is 7.92. The summed E-state index contributed by atoms with van der Waals surface area (Å²) in [4.78, 5) is 1.43. The zero-order valence-electron chi connectivity index (χ0n) is 10.7. The lowest BCUT2D eigenvalue weighted by Gasteiger charge is -2.29. The molecular weight excluding hydrogens is 242 g/mol. The molecule has 2 N–H and O–H groups in total. The minimum Gasteiger partial charge on any atom is -0.376 e. The molecule has 3 heteroatoms. The molecule has 2 nitrogen and oxygen atoms in total. The number of hydrogen-bond acceptors (Lipinski definition) is 3. The second-order valence-electron chi connectivity index (χ2n) is 5.37. The van der Waals surface area contributed by atoms with E-state index in [0.717, 1.165) is 25.2 Å². The first-order chi connectivity index (χ1) is 8.84. The van der Waals surface area contributed by atoms with Crippen LogP contribution in [0.5, 0.6) is 0 Å². The van der Waals surface area contributed by atoms with Crippen molar-refractivity contribution in [3.05, 3.63) is 29.8 Å². The van der Waals surface area contributed by atoms with Crippen molar-refractivity contribution in [2.75, 3.05) is 12.4 Å². The van der Waals surface area contributed by atoms with E-state index >= 15 is 0 Å². The van der Waals surface area contributed by atoms with Gasteiger partial charge in [0.1, 0.15) is 0 Å². The van der Waals surface area contributed by atoms with E-state index < -0.39 is 0 Å². The van der Waals surface area contributed by atoms with Crippen LogP contribution in [0.25, 0.3) is 0 Å². The van der Waals surface area contributed by atoms with Crippen LogP contribution in [0.4, 0.5) is 0 Å². The van der Waals surface area contributed by atoms with Crippen molar-refractivity contribution in [3.8, 4) is 0 Å². The summed E-state index contributed by atoms with van der Waals surface area (Å²) in [7, 11) is 0. The summed E-state index contributed by atoms with van der Waals surface area (Å²) in [5, 5.41) is 0. The van der Waals surface area contributed by atoms with Crippen molar-refractivity contribution >= 4 is 11.8 Å². The molecule has 0 bridgehead atoms. The lowest BCUT2D eigenvalue weighted by Crippen LogP contribution is -2.40. The number of nitrogens with two attached hydrogens (primary N) is 1. The van der Waals surface area contributed by atoms with Gasteiger partial charge in [-0.25, -0.2) is 0 Å². The van der Waals surface area contributed by atoms with Crippen LogP contribution in [0.3, 0.4) is 0 Å². The fourth-order valence-electron chi connectivity index (χ4n) is 2.94. The molecular formula is C15H21NOS. The zero-order chi connectivity index (χ0) is 12.4. The topological polar surface area (TPSA) is 35.2 Å². The van der Waals surface area contributed by atoms with E-state index in [0.29, 0.717) is 5.92 Å². The van der Waals surface area contributed by atoms with Crippen LogP contribution in [-0.4, -0.2) is 24.5 Å². The van der Waals surface area contributed by atoms with Crippen molar-refractivity contribution in [2.24, 2.45) is 5.73 Å². The van der Waals surface area contributed by atoms with Gasteiger partial charge in [-0.1, -0.05) is 31.0 Å². The third kappa shape index (κ3) is 2.58. The van der Waals surface area contributed by atoms with Gasteiger partial charge in [0.05, 0.1) is 12.7 Å². The first-order valence-electron chi connectivity index (χ1n) is 6.93. The molecule has 0 radical (unpaired) electrons. The highest BCUT2D eigenvalue weighted by molar-refractivity contribution is 7.99. The molecule has 1 heterocycles. The van der Waals surface area contributed by atoms with Gasteiger partial charge in [-0.2, -0.15) is 0 Å². The van der Waals surface area contributed by atoms with Crippen molar-refractivity contribution in [1.82, 2.24) is 0 Å². The molecule has 1 fully saturated rings. The minimum absolute atomic E-state index is 0.253. The normalized spacial score (nSPS) is 31.3. The number of benzene rings is 1. The smallest absolute Gasteiger partial charge is 0.0726 e. The van der Waals surface area contributed by atoms with Crippen LogP contribution in [0.1, 0.15) is 37.2 Å². The molecule has 98 valence electrons. The Hall–Kier alpha value is -0.510. The predicted molar refractivity (Wildman–Crippen MR) is 76.1 cm³/mol. The highest BCUT2D eigenvalue weighted by atomic mass is 32.2. The van der Waals surface area contributed by atoms with Crippen LogP contribution >= 0.6 is 11.8 Å². The highest BCUT2D eigenvalue weighted by Gasteiger charge is 2.27. The van der Waals surface area contributed by atoms with E-state index in [4.69, 9.17) is 10.5 Å². The third-order valence-electron chi connectivity index (χ3n) is 4.06. The van der Waals surface area contributed by atoms with E-state index in [1.54, 1.807) is 0 Å². The van der Waals surface area contributed by atoms with E-state index in [9.17, 15) is 0 Å². The summed E-state index contributed by atoms with van der Waals surface area (Å²) >= 11 is 1.95. The largest absolute Gasteiger partial charge is 0.376 e. The second-order valence-corrected chi connectivity index (χ2v) is 6.43. The molecule has 0 saturated heterocycles. The van der Waals surface area contributed by atoms with Crippen LogP contribution in [-0.2, 0) is 4.74 Å². The van der Waals surface area contributed by atoms with Gasteiger partial charge in [0.15, 0.2) is 0 Å². The predicted octanol–water partition coefficient (Wildman–Crippen LogP) is 3.16. The summed E-state index contributed by atoms with van der Waals surface area (Å²) < 4.78 is 6.10. The first kappa shape index (κ1) is 12.5. The Labute approximate surface area is 113 Å². The minimum atomic E-state index is 0.253. The monoisotopic (exact) mass is 263 g/mol. The third-order valence-corrected chi connectivity index (χ3v) is 5.32. The molecule has 1 saturated carbocycles. The standard InChI is InChI=1S/C15H21NOS/c16-13-6-2-3-7-14(13)17-9-11-10-18-15-8-4-1-5-12(11)15/h1,4-5,8,11,13-14H,2-3,6-7,9-10,16H2. The lowest BCUT2D eigenvalue weighted by atomic mass is 9.93. The molecule has 3 rings (SSSR count). The van der Waals surface area contributed by atoms with E-state index in [1.165, 1.54) is 23.3 Å². The van der Waals surface area contributed by atoms with Gasteiger partial charge in [0.2, 0.25) is 0 Å². The molecule has 0 spiro atoms. The summed E-state index contributed by atoms with van der Waals surface area (Å²) in [6, 6.07) is 8.95. The Bertz CT molecular complexity index is 409. The second kappa shape index (κ2) is 5.64. The van der Waals surface area contributed by atoms with Crippen molar-refractivity contribution in [1.29, 1.82) is 0 Å². The number of thioether (sulfide) groups is 1. The summed E-state index contributed by atoms with van der Waals surface area (Å²) in [5.74, 6) is 1.71. The summed E-state index contributed by atoms with van der Waals surface area (Å²) in [5.41, 5.74) is 7.59. The fourth-order valence-corrected chi connectivity index (χ4v) is 4.17. The summed E-state index contributed by atoms with van der Waals surface area (Å²) in [6.45, 7) is 0.836. The number of rotatable bonds is 3. The molecule has 1 aliphatic heterocycles.